The van der Waals surface area contributed by atoms with Crippen molar-refractivity contribution in [3.8, 4) is 11.5 Å². The number of aromatic nitrogens is 2. The number of aryl methyl sites for hydroxylation is 2. The van der Waals surface area contributed by atoms with Crippen LogP contribution in [-0.2, 0) is 0 Å². The summed E-state index contributed by atoms with van der Waals surface area (Å²) in [4.78, 5) is 0. The normalized spacial score (nSPS) is 9.80. The van der Waals surface area contributed by atoms with E-state index < -0.39 is 0 Å². The zero-order chi connectivity index (χ0) is 10.1. The molecule has 0 aliphatic heterocycles. The molecule has 1 aromatic heterocycles. The van der Waals surface area contributed by atoms with E-state index in [0.717, 1.165) is 5.56 Å². The molecule has 2 aromatic rings. The molecule has 2 rings (SSSR count). The molecule has 0 bridgehead atoms. The number of nitrogens with zero attached hydrogens (tertiary/aromatic N) is 2. The van der Waals surface area contributed by atoms with Gasteiger partial charge in [-0.05, 0) is 30.7 Å². The van der Waals surface area contributed by atoms with E-state index in [2.05, 4.69) is 10.2 Å². The van der Waals surface area contributed by atoms with Crippen molar-refractivity contribution in [1.29, 1.82) is 0 Å². The van der Waals surface area contributed by atoms with Crippen molar-refractivity contribution in [2.75, 3.05) is 0 Å². The summed E-state index contributed by atoms with van der Waals surface area (Å²) in [5.74, 6) is 0.692. The first-order valence-electron chi connectivity index (χ1n) is 4.23. The van der Waals surface area contributed by atoms with Gasteiger partial charge < -0.3 is 4.42 Å². The SMILES string of the molecule is C.Cc1nnc(-c2ccc(F)c(C)c2)o1. The molecule has 0 saturated heterocycles. The second kappa shape index (κ2) is 4.21. The van der Waals surface area contributed by atoms with Crippen LogP contribution in [0.5, 0.6) is 0 Å². The second-order valence-corrected chi connectivity index (χ2v) is 3.09. The van der Waals surface area contributed by atoms with Crippen LogP contribution >= 0.6 is 0 Å². The lowest BCUT2D eigenvalue weighted by Gasteiger charge is -1.97. The molecule has 0 aliphatic rings. The van der Waals surface area contributed by atoms with Gasteiger partial charge >= 0.3 is 0 Å². The molecule has 0 atom stereocenters. The quantitative estimate of drug-likeness (QED) is 0.722. The maximum absolute atomic E-state index is 13.0. The van der Waals surface area contributed by atoms with E-state index in [0.29, 0.717) is 17.3 Å². The number of hydrogen-bond donors (Lipinski definition) is 0. The fraction of sp³-hybridized carbons (Fsp3) is 0.273. The Labute approximate surface area is 88.0 Å². The standard InChI is InChI=1S/C10H9FN2O.CH4/c1-6-5-8(3-4-9(6)11)10-13-12-7(2)14-10;/h3-5H,1-2H3;1H4. The topological polar surface area (TPSA) is 38.9 Å². The minimum atomic E-state index is -0.231. The molecule has 0 fully saturated rings. The maximum atomic E-state index is 13.0. The smallest absolute Gasteiger partial charge is 0.247 e. The van der Waals surface area contributed by atoms with Crippen LogP contribution in [0, 0.1) is 19.7 Å². The van der Waals surface area contributed by atoms with E-state index in [1.54, 1.807) is 26.0 Å². The summed E-state index contributed by atoms with van der Waals surface area (Å²) in [5, 5.41) is 7.55. The Bertz CT molecular complexity index is 465. The van der Waals surface area contributed by atoms with Crippen LogP contribution in [0.4, 0.5) is 4.39 Å². The summed E-state index contributed by atoms with van der Waals surface area (Å²) in [6.45, 7) is 3.41. The molecular weight excluding hydrogens is 195 g/mol. The van der Waals surface area contributed by atoms with Gasteiger partial charge in [0.15, 0.2) is 0 Å². The van der Waals surface area contributed by atoms with Crippen LogP contribution < -0.4 is 0 Å². The summed E-state index contributed by atoms with van der Waals surface area (Å²) < 4.78 is 18.2. The molecule has 0 N–H and O–H groups in total. The van der Waals surface area contributed by atoms with Gasteiger partial charge in [-0.1, -0.05) is 7.43 Å². The molecule has 0 saturated carbocycles. The monoisotopic (exact) mass is 208 g/mol. The molecule has 3 nitrogen and oxygen atoms in total. The third-order valence-electron chi connectivity index (χ3n) is 1.93. The van der Waals surface area contributed by atoms with E-state index in [-0.39, 0.29) is 13.2 Å². The van der Waals surface area contributed by atoms with Crippen LogP contribution in [0.2, 0.25) is 0 Å². The molecule has 1 aromatic carbocycles. The minimum absolute atomic E-state index is 0. The average Bonchev–Trinajstić information content (AvgIpc) is 2.57. The van der Waals surface area contributed by atoms with Crippen molar-refractivity contribution >= 4 is 0 Å². The predicted molar refractivity (Wildman–Crippen MR) is 55.9 cm³/mol. The highest BCUT2D eigenvalue weighted by molar-refractivity contribution is 5.53. The molecule has 0 amide bonds. The lowest BCUT2D eigenvalue weighted by Crippen LogP contribution is -1.84. The van der Waals surface area contributed by atoms with Crippen LogP contribution in [0.25, 0.3) is 11.5 Å². The Balaban J connectivity index is 0.00000112. The summed E-state index contributed by atoms with van der Waals surface area (Å²) in [6, 6.07) is 4.70. The first-order chi connectivity index (χ1) is 6.66. The molecule has 4 heteroatoms. The van der Waals surface area contributed by atoms with Crippen molar-refractivity contribution in [2.45, 2.75) is 21.3 Å². The Morgan fingerprint density at radius 3 is 2.47 bits per heavy atom. The van der Waals surface area contributed by atoms with Gasteiger partial charge in [-0.15, -0.1) is 10.2 Å². The van der Waals surface area contributed by atoms with Crippen molar-refractivity contribution in [3.63, 3.8) is 0 Å². The molecule has 0 aliphatic carbocycles. The lowest BCUT2D eigenvalue weighted by atomic mass is 10.1. The summed E-state index contributed by atoms with van der Waals surface area (Å²) in [6.07, 6.45) is 0. The largest absolute Gasteiger partial charge is 0.421 e. The van der Waals surface area contributed by atoms with E-state index in [1.807, 2.05) is 0 Å². The van der Waals surface area contributed by atoms with Gasteiger partial charge in [-0.2, -0.15) is 0 Å². The first-order valence-corrected chi connectivity index (χ1v) is 4.23. The molecule has 0 radical (unpaired) electrons. The van der Waals surface area contributed by atoms with Crippen molar-refractivity contribution in [3.05, 3.63) is 35.5 Å². The summed E-state index contributed by atoms with van der Waals surface area (Å²) in [5.41, 5.74) is 1.31. The van der Waals surface area contributed by atoms with E-state index in [4.69, 9.17) is 4.42 Å². The number of hydrogen-bond acceptors (Lipinski definition) is 3. The van der Waals surface area contributed by atoms with Crippen molar-refractivity contribution in [1.82, 2.24) is 10.2 Å². The molecule has 80 valence electrons. The number of benzene rings is 1. The fourth-order valence-corrected chi connectivity index (χ4v) is 1.19. The van der Waals surface area contributed by atoms with Crippen molar-refractivity contribution in [2.24, 2.45) is 0 Å². The van der Waals surface area contributed by atoms with E-state index in [1.165, 1.54) is 6.07 Å². The van der Waals surface area contributed by atoms with Crippen LogP contribution in [-0.4, -0.2) is 10.2 Å². The number of rotatable bonds is 1. The Hall–Kier alpha value is -1.71. The maximum Gasteiger partial charge on any atom is 0.247 e. The zero-order valence-corrected chi connectivity index (χ0v) is 7.91. The van der Waals surface area contributed by atoms with E-state index in [9.17, 15) is 4.39 Å². The van der Waals surface area contributed by atoms with Gasteiger partial charge in [0.05, 0.1) is 0 Å². The van der Waals surface area contributed by atoms with Crippen LogP contribution in [0.1, 0.15) is 18.9 Å². The lowest BCUT2D eigenvalue weighted by molar-refractivity contribution is 0.532. The fourth-order valence-electron chi connectivity index (χ4n) is 1.19. The van der Waals surface area contributed by atoms with E-state index >= 15 is 0 Å². The van der Waals surface area contributed by atoms with Gasteiger partial charge in [0.1, 0.15) is 5.82 Å². The van der Waals surface area contributed by atoms with Crippen molar-refractivity contribution < 1.29 is 8.81 Å². The summed E-state index contributed by atoms with van der Waals surface area (Å²) >= 11 is 0. The van der Waals surface area contributed by atoms with Gasteiger partial charge in [-0.3, -0.25) is 0 Å². The number of halogens is 1. The Morgan fingerprint density at radius 1 is 1.20 bits per heavy atom. The second-order valence-electron chi connectivity index (χ2n) is 3.09. The minimum Gasteiger partial charge on any atom is -0.421 e. The van der Waals surface area contributed by atoms with Gasteiger partial charge in [-0.25, -0.2) is 4.39 Å². The van der Waals surface area contributed by atoms with Crippen LogP contribution in [0.3, 0.4) is 0 Å². The Morgan fingerprint density at radius 2 is 1.93 bits per heavy atom. The zero-order valence-electron chi connectivity index (χ0n) is 7.91. The highest BCUT2D eigenvalue weighted by atomic mass is 19.1. The molecule has 0 unspecified atom stereocenters. The first kappa shape index (κ1) is 11.4. The highest BCUT2D eigenvalue weighted by Crippen LogP contribution is 2.20. The highest BCUT2D eigenvalue weighted by Gasteiger charge is 2.07. The third-order valence-corrected chi connectivity index (χ3v) is 1.93. The molecule has 1 heterocycles. The van der Waals surface area contributed by atoms with Gasteiger partial charge in [0, 0.05) is 12.5 Å². The molecular formula is C11H13FN2O. The average molecular weight is 208 g/mol. The predicted octanol–water partition coefficient (Wildman–Crippen LogP) is 3.13. The van der Waals surface area contributed by atoms with Gasteiger partial charge in [0.2, 0.25) is 11.8 Å². The molecule has 15 heavy (non-hydrogen) atoms. The molecule has 0 spiro atoms. The Kier molecular flexibility index (Phi) is 3.19. The van der Waals surface area contributed by atoms with Gasteiger partial charge in [0.25, 0.3) is 0 Å². The van der Waals surface area contributed by atoms with Crippen LogP contribution in [0.15, 0.2) is 22.6 Å². The summed E-state index contributed by atoms with van der Waals surface area (Å²) in [7, 11) is 0. The third kappa shape index (κ3) is 2.21.